The van der Waals surface area contributed by atoms with Crippen LogP contribution in [0.25, 0.3) is 110 Å². The summed E-state index contributed by atoms with van der Waals surface area (Å²) >= 11 is 0. The maximum Gasteiger partial charge on any atom is 0.159 e. The van der Waals surface area contributed by atoms with Crippen molar-refractivity contribution in [3.63, 3.8) is 0 Å². The van der Waals surface area contributed by atoms with Crippen molar-refractivity contribution in [1.29, 1.82) is 0 Å². The third-order valence-corrected chi connectivity index (χ3v) is 18.6. The SMILES string of the molecule is CC1(C)c2cc(N(c3cccc(-c4ccccc4)c3)c3cccc4c3oc3ccccc34)c3ccccc3c2-c2ccc3c(c21)C(C)(C)c1cccc2c(N(c4cccc(-c5ccccc5)c4)c4cccc5c4oc4ccccc45)ccc-3c12. The average molecular weight is 1080 g/mol. The number of hydrogen-bond donors (Lipinski definition) is 0. The lowest BCUT2D eigenvalue weighted by molar-refractivity contribution is 0.591. The molecule has 4 heteroatoms. The lowest BCUT2D eigenvalue weighted by Gasteiger charge is -2.40. The van der Waals surface area contributed by atoms with Gasteiger partial charge in [-0.25, -0.2) is 0 Å². The van der Waals surface area contributed by atoms with E-state index in [1.165, 1.54) is 77.2 Å². The van der Waals surface area contributed by atoms with Crippen molar-refractivity contribution in [3.8, 4) is 44.5 Å². The van der Waals surface area contributed by atoms with Crippen molar-refractivity contribution < 1.29 is 8.83 Å². The second-order valence-corrected chi connectivity index (χ2v) is 23.9. The van der Waals surface area contributed by atoms with Crippen LogP contribution in [0.4, 0.5) is 34.1 Å². The van der Waals surface area contributed by atoms with Gasteiger partial charge in [-0.1, -0.05) is 234 Å². The maximum atomic E-state index is 6.92. The molecule has 0 N–H and O–H groups in total. The largest absolute Gasteiger partial charge is 0.454 e. The number of para-hydroxylation sites is 4. The number of nitrogens with zero attached hydrogens (tertiary/aromatic N) is 2. The Kier molecular flexibility index (Phi) is 10.4. The summed E-state index contributed by atoms with van der Waals surface area (Å²) in [6, 6.07) is 97.5. The molecule has 0 radical (unpaired) electrons. The predicted molar refractivity (Wildman–Crippen MR) is 351 cm³/mol. The molecule has 2 aliphatic rings. The lowest BCUT2D eigenvalue weighted by atomic mass is 9.63. The Balaban J connectivity index is 0.873. The molecular formula is C80H56N2O2. The number of hydrogen-bond acceptors (Lipinski definition) is 4. The minimum atomic E-state index is -0.411. The Morgan fingerprint density at radius 1 is 0.286 bits per heavy atom. The number of benzene rings is 13. The van der Waals surface area contributed by atoms with Crippen LogP contribution in [0, 0.1) is 0 Å². The van der Waals surface area contributed by atoms with Gasteiger partial charge in [-0.05, 0) is 138 Å². The van der Waals surface area contributed by atoms with Gasteiger partial charge in [-0.2, -0.15) is 0 Å². The molecule has 15 aromatic rings. The topological polar surface area (TPSA) is 32.8 Å². The molecule has 0 fully saturated rings. The highest BCUT2D eigenvalue weighted by Gasteiger charge is 2.46. The molecule has 2 aromatic heterocycles. The van der Waals surface area contributed by atoms with Gasteiger partial charge in [0.15, 0.2) is 11.2 Å². The Labute approximate surface area is 487 Å². The average Bonchev–Trinajstić information content (AvgIpc) is 3.62. The molecule has 0 aliphatic heterocycles. The summed E-state index contributed by atoms with van der Waals surface area (Å²) in [6.07, 6.45) is 0. The number of rotatable bonds is 8. The summed E-state index contributed by atoms with van der Waals surface area (Å²) in [5, 5.41) is 9.28. The highest BCUT2D eigenvalue weighted by molar-refractivity contribution is 6.17. The first-order chi connectivity index (χ1) is 41.2. The van der Waals surface area contributed by atoms with Crippen molar-refractivity contribution in [2.24, 2.45) is 0 Å². The molecule has 0 atom stereocenters. The predicted octanol–water partition coefficient (Wildman–Crippen LogP) is 22.7. The minimum absolute atomic E-state index is 0.401. The first-order valence-electron chi connectivity index (χ1n) is 29.2. The van der Waals surface area contributed by atoms with Gasteiger partial charge in [-0.15, -0.1) is 0 Å². The van der Waals surface area contributed by atoms with E-state index < -0.39 is 10.8 Å². The zero-order chi connectivity index (χ0) is 56.0. The van der Waals surface area contributed by atoms with Crippen LogP contribution >= 0.6 is 0 Å². The second kappa shape index (κ2) is 18.0. The molecule has 0 saturated heterocycles. The van der Waals surface area contributed by atoms with Crippen LogP contribution in [-0.4, -0.2) is 0 Å². The van der Waals surface area contributed by atoms with Gasteiger partial charge in [-0.3, -0.25) is 0 Å². The Hall–Kier alpha value is -10.4. The minimum Gasteiger partial charge on any atom is -0.454 e. The van der Waals surface area contributed by atoms with Crippen LogP contribution in [0.5, 0.6) is 0 Å². The summed E-state index contributed by atoms with van der Waals surface area (Å²) < 4.78 is 13.8. The molecule has 398 valence electrons. The van der Waals surface area contributed by atoms with Crippen molar-refractivity contribution in [2.75, 3.05) is 9.80 Å². The summed E-state index contributed by atoms with van der Waals surface area (Å²) in [5.74, 6) is 0. The first kappa shape index (κ1) is 48.3. The van der Waals surface area contributed by atoms with Gasteiger partial charge in [0.25, 0.3) is 0 Å². The summed E-state index contributed by atoms with van der Waals surface area (Å²) in [7, 11) is 0. The molecule has 0 spiro atoms. The van der Waals surface area contributed by atoms with E-state index >= 15 is 0 Å². The Morgan fingerprint density at radius 2 is 0.726 bits per heavy atom. The van der Waals surface area contributed by atoms with Crippen LogP contribution in [0.15, 0.2) is 276 Å². The molecule has 0 amide bonds. The third-order valence-electron chi connectivity index (χ3n) is 18.6. The smallest absolute Gasteiger partial charge is 0.159 e. The van der Waals surface area contributed by atoms with Crippen molar-refractivity contribution in [3.05, 3.63) is 289 Å². The van der Waals surface area contributed by atoms with Crippen molar-refractivity contribution in [1.82, 2.24) is 0 Å². The second-order valence-electron chi connectivity index (χ2n) is 23.9. The molecule has 84 heavy (non-hydrogen) atoms. The highest BCUT2D eigenvalue weighted by Crippen LogP contribution is 2.62. The summed E-state index contributed by atoms with van der Waals surface area (Å²) in [5.41, 5.74) is 24.2. The van der Waals surface area contributed by atoms with Crippen LogP contribution in [0.3, 0.4) is 0 Å². The third kappa shape index (κ3) is 6.95. The van der Waals surface area contributed by atoms with Crippen LogP contribution in [0.2, 0.25) is 0 Å². The van der Waals surface area contributed by atoms with Gasteiger partial charge in [0.2, 0.25) is 0 Å². The molecule has 13 aromatic carbocycles. The molecule has 0 bridgehead atoms. The van der Waals surface area contributed by atoms with Gasteiger partial charge in [0, 0.05) is 54.5 Å². The van der Waals surface area contributed by atoms with Gasteiger partial charge in [0.1, 0.15) is 11.2 Å². The summed E-state index contributed by atoms with van der Waals surface area (Å²) in [4.78, 5) is 4.90. The number of anilines is 6. The zero-order valence-corrected chi connectivity index (χ0v) is 47.1. The lowest BCUT2D eigenvalue weighted by Crippen LogP contribution is -2.29. The van der Waals surface area contributed by atoms with E-state index in [0.717, 1.165) is 89.1 Å². The van der Waals surface area contributed by atoms with E-state index in [1.807, 2.05) is 0 Å². The molecule has 0 unspecified atom stereocenters. The standard InChI is InChI=1S/C80H56N2O2/c1-79(2)65-37-19-36-63-67(81(53-28-17-26-51(46-53)49-22-7-5-8-23-49)68-38-20-34-61-56-31-13-15-40-71(56)83-77(61)68)45-44-59(73(63)65)60-42-43-64-74-58-33-12-11-30-55(58)70(48-66(74)80(3,4)76(64)75(60)79)82(54-29-18-27-52(47-54)50-24-9-6-10-25-50)69-39-21-35-62-57-32-14-16-41-72(57)84-78(62)69/h5-48H,1-4H3. The highest BCUT2D eigenvalue weighted by atomic mass is 16.3. The fraction of sp³-hybridized carbons (Fsp3) is 0.0750. The molecule has 17 rings (SSSR count). The van der Waals surface area contributed by atoms with Crippen LogP contribution in [-0.2, 0) is 10.8 Å². The first-order valence-corrected chi connectivity index (χ1v) is 29.2. The monoisotopic (exact) mass is 1080 g/mol. The van der Waals surface area contributed by atoms with Crippen LogP contribution in [0.1, 0.15) is 49.9 Å². The molecule has 2 aliphatic carbocycles. The van der Waals surface area contributed by atoms with Gasteiger partial charge >= 0.3 is 0 Å². The maximum absolute atomic E-state index is 6.92. The van der Waals surface area contributed by atoms with E-state index in [0.29, 0.717) is 0 Å². The van der Waals surface area contributed by atoms with Crippen LogP contribution < -0.4 is 9.80 Å². The van der Waals surface area contributed by atoms with Gasteiger partial charge < -0.3 is 18.6 Å². The van der Waals surface area contributed by atoms with E-state index in [9.17, 15) is 0 Å². The molecule has 4 nitrogen and oxygen atoms in total. The Bertz CT molecular complexity index is 5220. The van der Waals surface area contributed by atoms with E-state index in [1.54, 1.807) is 0 Å². The van der Waals surface area contributed by atoms with E-state index in [4.69, 9.17) is 8.83 Å². The Morgan fingerprint density at radius 3 is 1.33 bits per heavy atom. The zero-order valence-electron chi connectivity index (χ0n) is 47.1. The number of furan rings is 2. The van der Waals surface area contributed by atoms with E-state index in [-0.39, 0.29) is 0 Å². The fourth-order valence-corrected chi connectivity index (χ4v) is 14.8. The van der Waals surface area contributed by atoms with E-state index in [2.05, 4.69) is 304 Å². The fourth-order valence-electron chi connectivity index (χ4n) is 14.8. The summed E-state index contributed by atoms with van der Waals surface area (Å²) in [6.45, 7) is 9.86. The molecule has 2 heterocycles. The number of fused-ring (bicyclic) bond motifs is 14. The van der Waals surface area contributed by atoms with Crippen molar-refractivity contribution in [2.45, 2.75) is 38.5 Å². The quantitative estimate of drug-likeness (QED) is 0.152. The van der Waals surface area contributed by atoms with Gasteiger partial charge in [0.05, 0.1) is 22.7 Å². The molecule has 0 saturated carbocycles. The normalized spacial score (nSPS) is 13.7. The van der Waals surface area contributed by atoms with Crippen molar-refractivity contribution >= 4 is 99.5 Å². The molecular weight excluding hydrogens is 1020 g/mol.